The van der Waals surface area contributed by atoms with E-state index in [0.29, 0.717) is 19.3 Å². The predicted molar refractivity (Wildman–Crippen MR) is 284 cm³/mol. The Balaban J connectivity index is 4.39. The monoisotopic (exact) mass is 923 g/mol. The summed E-state index contributed by atoms with van der Waals surface area (Å²) in [6, 6.07) is 0. The van der Waals surface area contributed by atoms with Gasteiger partial charge in [-0.05, 0) is 64.2 Å². The Hall–Kier alpha value is -2.89. The third-order valence-electron chi connectivity index (χ3n) is 12.4. The van der Waals surface area contributed by atoms with Crippen molar-refractivity contribution in [2.45, 2.75) is 290 Å². The van der Waals surface area contributed by atoms with Gasteiger partial charge in [0.25, 0.3) is 0 Å². The lowest BCUT2D eigenvalue weighted by Gasteiger charge is -2.18. The van der Waals surface area contributed by atoms with E-state index < -0.39 is 6.10 Å². The Morgan fingerprint density at radius 3 is 0.985 bits per heavy atom. The minimum atomic E-state index is -0.791. The first kappa shape index (κ1) is 63.1. The van der Waals surface area contributed by atoms with Gasteiger partial charge < -0.3 is 14.2 Å². The van der Waals surface area contributed by atoms with Crippen molar-refractivity contribution in [3.05, 3.63) is 60.8 Å². The molecule has 1 atom stereocenters. The number of allylic oxidation sites excluding steroid dienone is 10. The van der Waals surface area contributed by atoms with E-state index in [1.807, 2.05) is 30.4 Å². The van der Waals surface area contributed by atoms with E-state index in [2.05, 4.69) is 51.2 Å². The fourth-order valence-corrected chi connectivity index (χ4v) is 8.10. The Labute approximate surface area is 409 Å². The second-order valence-corrected chi connectivity index (χ2v) is 18.9. The molecule has 0 aromatic rings. The van der Waals surface area contributed by atoms with E-state index in [9.17, 15) is 14.4 Å². The maximum absolute atomic E-state index is 12.8. The Morgan fingerprint density at radius 1 is 0.318 bits per heavy atom. The lowest BCUT2D eigenvalue weighted by Crippen LogP contribution is -2.30. The van der Waals surface area contributed by atoms with Crippen molar-refractivity contribution < 1.29 is 28.6 Å². The average Bonchev–Trinajstić information content (AvgIpc) is 3.31. The molecular weight excluding hydrogens is 817 g/mol. The zero-order valence-electron chi connectivity index (χ0n) is 43.7. The summed E-state index contributed by atoms with van der Waals surface area (Å²) < 4.78 is 16.8. The second kappa shape index (κ2) is 54.7. The van der Waals surface area contributed by atoms with Crippen LogP contribution in [0, 0.1) is 0 Å². The molecule has 0 amide bonds. The maximum atomic E-state index is 12.8. The minimum absolute atomic E-state index is 0.0890. The SMILES string of the molecule is CC/C=C/C=C/C=C/C=C/CCCCCC(=O)OCC(COC(=O)CCCCCCC/C=C/CCCCCCCCCCC)OC(=O)CCCCCCCCCCCCCCCCCCC. The number of unbranched alkanes of at least 4 members (excludes halogenated alkanes) is 33. The Bertz CT molecular complexity index is 1200. The summed E-state index contributed by atoms with van der Waals surface area (Å²) in [5, 5.41) is 0. The van der Waals surface area contributed by atoms with Gasteiger partial charge in [0.15, 0.2) is 6.10 Å². The summed E-state index contributed by atoms with van der Waals surface area (Å²) in [4.78, 5) is 38.1. The number of hydrogen-bond donors (Lipinski definition) is 0. The highest BCUT2D eigenvalue weighted by Gasteiger charge is 2.19. The first-order valence-electron chi connectivity index (χ1n) is 28.3. The average molecular weight is 924 g/mol. The van der Waals surface area contributed by atoms with Crippen molar-refractivity contribution in [3.63, 3.8) is 0 Å². The molecule has 0 N–H and O–H groups in total. The summed E-state index contributed by atoms with van der Waals surface area (Å²) >= 11 is 0. The van der Waals surface area contributed by atoms with Crippen LogP contribution >= 0.6 is 0 Å². The number of carbonyl (C=O) groups is 3. The van der Waals surface area contributed by atoms with Crippen molar-refractivity contribution in [3.8, 4) is 0 Å². The molecule has 0 aliphatic rings. The van der Waals surface area contributed by atoms with Crippen LogP contribution in [-0.4, -0.2) is 37.2 Å². The van der Waals surface area contributed by atoms with Crippen LogP contribution in [0.2, 0.25) is 0 Å². The molecule has 6 nitrogen and oxygen atoms in total. The summed E-state index contributed by atoms with van der Waals surface area (Å²) in [5.74, 6) is -0.925. The second-order valence-electron chi connectivity index (χ2n) is 18.9. The van der Waals surface area contributed by atoms with Crippen molar-refractivity contribution in [2.24, 2.45) is 0 Å². The molecule has 0 rings (SSSR count). The molecule has 382 valence electrons. The standard InChI is InChI=1S/C60H106O6/c1-4-7-10-13-16-19-22-25-27-29-31-32-35-38-41-44-47-50-53-59(62)65-56-57(55-64-58(61)52-49-46-43-40-37-34-24-21-18-15-12-9-6-3)66-60(63)54-51-48-45-42-39-36-33-30-28-26-23-20-17-14-11-8-5-2/h9,12,15,18,21,24,31-32,34,37,57H,4-8,10-11,13-14,16-17,19-20,22-23,25-30,33,35-36,38-56H2,1-3H3/b12-9+,18-15+,24-21+,32-31+,37-34+. The number of hydrogen-bond acceptors (Lipinski definition) is 6. The fraction of sp³-hybridized carbons (Fsp3) is 0.783. The zero-order valence-corrected chi connectivity index (χ0v) is 43.7. The van der Waals surface area contributed by atoms with Crippen LogP contribution < -0.4 is 0 Å². The highest BCUT2D eigenvalue weighted by Crippen LogP contribution is 2.16. The highest BCUT2D eigenvalue weighted by molar-refractivity contribution is 5.71. The molecule has 1 unspecified atom stereocenters. The Kier molecular flexibility index (Phi) is 52.3. The van der Waals surface area contributed by atoms with Crippen LogP contribution in [0.15, 0.2) is 60.8 Å². The van der Waals surface area contributed by atoms with Crippen molar-refractivity contribution >= 4 is 17.9 Å². The smallest absolute Gasteiger partial charge is 0.306 e. The molecule has 0 aromatic heterocycles. The molecule has 0 bridgehead atoms. The number of carbonyl (C=O) groups excluding carboxylic acids is 3. The zero-order chi connectivity index (χ0) is 47.9. The molecule has 0 heterocycles. The summed E-state index contributed by atoms with van der Waals surface area (Å²) in [5.41, 5.74) is 0. The van der Waals surface area contributed by atoms with E-state index in [4.69, 9.17) is 14.2 Å². The molecule has 0 aliphatic carbocycles. The van der Waals surface area contributed by atoms with Gasteiger partial charge in [-0.3, -0.25) is 14.4 Å². The van der Waals surface area contributed by atoms with Gasteiger partial charge >= 0.3 is 17.9 Å². The molecule has 6 heteroatoms. The summed E-state index contributed by atoms with van der Waals surface area (Å²) in [6.45, 7) is 6.49. The van der Waals surface area contributed by atoms with Gasteiger partial charge in [-0.25, -0.2) is 0 Å². The molecule has 0 spiro atoms. The van der Waals surface area contributed by atoms with Gasteiger partial charge in [0, 0.05) is 19.3 Å². The van der Waals surface area contributed by atoms with E-state index in [0.717, 1.165) is 77.0 Å². The van der Waals surface area contributed by atoms with Crippen LogP contribution in [0.25, 0.3) is 0 Å². The van der Waals surface area contributed by atoms with Gasteiger partial charge in [-0.15, -0.1) is 0 Å². The molecular formula is C60H106O6. The third kappa shape index (κ3) is 52.1. The predicted octanol–water partition coefficient (Wildman–Crippen LogP) is 18.8. The van der Waals surface area contributed by atoms with Crippen molar-refractivity contribution in [1.29, 1.82) is 0 Å². The Morgan fingerprint density at radius 2 is 0.606 bits per heavy atom. The van der Waals surface area contributed by atoms with Crippen molar-refractivity contribution in [1.82, 2.24) is 0 Å². The first-order valence-corrected chi connectivity index (χ1v) is 28.3. The maximum Gasteiger partial charge on any atom is 0.306 e. The van der Waals surface area contributed by atoms with E-state index in [-0.39, 0.29) is 31.1 Å². The van der Waals surface area contributed by atoms with Crippen LogP contribution in [0.5, 0.6) is 0 Å². The molecule has 0 radical (unpaired) electrons. The summed E-state index contributed by atoms with van der Waals surface area (Å²) in [6.07, 6.45) is 67.9. The van der Waals surface area contributed by atoms with Gasteiger partial charge in [-0.2, -0.15) is 0 Å². The number of ether oxygens (including phenoxy) is 3. The van der Waals surface area contributed by atoms with Crippen LogP contribution in [0.4, 0.5) is 0 Å². The summed E-state index contributed by atoms with van der Waals surface area (Å²) in [7, 11) is 0. The fourth-order valence-electron chi connectivity index (χ4n) is 8.10. The quantitative estimate of drug-likeness (QED) is 0.0199. The van der Waals surface area contributed by atoms with Crippen LogP contribution in [0.1, 0.15) is 284 Å². The topological polar surface area (TPSA) is 78.9 Å². The third-order valence-corrected chi connectivity index (χ3v) is 12.4. The van der Waals surface area contributed by atoms with Gasteiger partial charge in [0.2, 0.25) is 0 Å². The molecule has 0 saturated carbocycles. The van der Waals surface area contributed by atoms with Gasteiger partial charge in [0.05, 0.1) is 0 Å². The largest absolute Gasteiger partial charge is 0.462 e. The molecule has 0 saturated heterocycles. The molecule has 0 aromatic carbocycles. The van der Waals surface area contributed by atoms with Gasteiger partial charge in [0.1, 0.15) is 13.2 Å². The lowest BCUT2D eigenvalue weighted by atomic mass is 10.0. The lowest BCUT2D eigenvalue weighted by molar-refractivity contribution is -0.167. The van der Waals surface area contributed by atoms with Crippen molar-refractivity contribution in [2.75, 3.05) is 13.2 Å². The van der Waals surface area contributed by atoms with E-state index in [1.54, 1.807) is 0 Å². The molecule has 0 fully saturated rings. The highest BCUT2D eigenvalue weighted by atomic mass is 16.6. The normalized spacial score (nSPS) is 12.5. The number of esters is 3. The van der Waals surface area contributed by atoms with Crippen LogP contribution in [0.3, 0.4) is 0 Å². The number of rotatable bonds is 51. The van der Waals surface area contributed by atoms with Crippen LogP contribution in [-0.2, 0) is 28.6 Å². The molecule has 0 aliphatic heterocycles. The van der Waals surface area contributed by atoms with Gasteiger partial charge in [-0.1, -0.05) is 261 Å². The van der Waals surface area contributed by atoms with E-state index in [1.165, 1.54) is 167 Å². The first-order chi connectivity index (χ1) is 32.5. The molecule has 66 heavy (non-hydrogen) atoms. The van der Waals surface area contributed by atoms with E-state index >= 15 is 0 Å². The minimum Gasteiger partial charge on any atom is -0.462 e.